The summed E-state index contributed by atoms with van der Waals surface area (Å²) < 4.78 is 50.7. The Labute approximate surface area is 132 Å². The Morgan fingerprint density at radius 3 is 2.50 bits per heavy atom. The molecule has 1 aromatic heterocycles. The highest BCUT2D eigenvalue weighted by molar-refractivity contribution is 7.89. The number of hydrogen-bond donors (Lipinski definition) is 1. The maximum Gasteiger partial charge on any atom is 0.243 e. The van der Waals surface area contributed by atoms with Crippen molar-refractivity contribution in [3.63, 3.8) is 0 Å². The molecule has 1 heterocycles. The zero-order chi connectivity index (χ0) is 16.2. The smallest absolute Gasteiger partial charge is 0.243 e. The third-order valence-corrected chi connectivity index (χ3v) is 5.38. The molecule has 1 aromatic carbocycles. The lowest BCUT2D eigenvalue weighted by Crippen LogP contribution is -2.26. The summed E-state index contributed by atoms with van der Waals surface area (Å²) in [6, 6.07) is 5.91. The number of ether oxygens (including phenoxy) is 2. The highest BCUT2D eigenvalue weighted by Crippen LogP contribution is 2.31. The molecule has 1 N–H and O–H groups in total. The van der Waals surface area contributed by atoms with E-state index in [9.17, 15) is 12.8 Å². The van der Waals surface area contributed by atoms with Gasteiger partial charge in [-0.25, -0.2) is 17.5 Å². The van der Waals surface area contributed by atoms with Crippen LogP contribution in [0.15, 0.2) is 34.5 Å². The van der Waals surface area contributed by atoms with E-state index < -0.39 is 20.7 Å². The largest absolute Gasteiger partial charge is 0.493 e. The highest BCUT2D eigenvalue weighted by Gasteiger charge is 2.22. The quantitative estimate of drug-likeness (QED) is 0.837. The Morgan fingerprint density at radius 2 is 1.91 bits per heavy atom. The second-order valence-corrected chi connectivity index (χ2v) is 7.13. The van der Waals surface area contributed by atoms with Crippen molar-refractivity contribution < 1.29 is 22.3 Å². The van der Waals surface area contributed by atoms with Gasteiger partial charge in [0.15, 0.2) is 11.5 Å². The number of hydrogen-bond acceptors (Lipinski definition) is 5. The number of halogens is 1. The van der Waals surface area contributed by atoms with Gasteiger partial charge in [-0.05, 0) is 17.9 Å². The molecule has 0 unspecified atom stereocenters. The molecule has 0 atom stereocenters. The summed E-state index contributed by atoms with van der Waals surface area (Å²) in [7, 11) is -1.25. The van der Waals surface area contributed by atoms with E-state index in [1.54, 1.807) is 0 Å². The first kappa shape index (κ1) is 16.7. The molecule has 0 bridgehead atoms. The molecule has 0 aliphatic heterocycles. The van der Waals surface area contributed by atoms with Crippen LogP contribution in [-0.2, 0) is 16.4 Å². The lowest BCUT2D eigenvalue weighted by Gasteiger charge is -2.12. The summed E-state index contributed by atoms with van der Waals surface area (Å²) in [6.45, 7) is 0.191. The Balaban J connectivity index is 2.17. The van der Waals surface area contributed by atoms with Crippen molar-refractivity contribution in [2.75, 3.05) is 20.8 Å². The maximum atomic E-state index is 14.0. The zero-order valence-electron chi connectivity index (χ0n) is 12.1. The van der Waals surface area contributed by atoms with Gasteiger partial charge in [-0.2, -0.15) is 0 Å². The Morgan fingerprint density at radius 1 is 1.23 bits per heavy atom. The van der Waals surface area contributed by atoms with Crippen LogP contribution in [0, 0.1) is 5.82 Å². The Kier molecular flexibility index (Phi) is 5.38. The number of nitrogens with one attached hydrogen (secondary N) is 1. The van der Waals surface area contributed by atoms with E-state index in [-0.39, 0.29) is 18.0 Å². The molecule has 22 heavy (non-hydrogen) atoms. The number of benzene rings is 1. The zero-order valence-corrected chi connectivity index (χ0v) is 13.8. The van der Waals surface area contributed by atoms with Crippen LogP contribution in [0.3, 0.4) is 0 Å². The average molecular weight is 345 g/mol. The van der Waals surface area contributed by atoms with Gasteiger partial charge < -0.3 is 9.47 Å². The van der Waals surface area contributed by atoms with Gasteiger partial charge in [0.1, 0.15) is 10.7 Å². The molecule has 0 amide bonds. The van der Waals surface area contributed by atoms with Crippen LogP contribution < -0.4 is 14.2 Å². The minimum atomic E-state index is -3.96. The molecule has 8 heteroatoms. The molecule has 0 saturated heterocycles. The molecule has 0 spiro atoms. The molecule has 0 radical (unpaired) electrons. The number of rotatable bonds is 7. The van der Waals surface area contributed by atoms with E-state index in [0.717, 1.165) is 17.0 Å². The van der Waals surface area contributed by atoms with Gasteiger partial charge in [0.05, 0.1) is 14.2 Å². The first-order valence-corrected chi connectivity index (χ1v) is 8.78. The van der Waals surface area contributed by atoms with Crippen molar-refractivity contribution in [1.29, 1.82) is 0 Å². The fourth-order valence-corrected chi connectivity index (χ4v) is 3.70. The molecule has 0 saturated carbocycles. The van der Waals surface area contributed by atoms with E-state index in [1.165, 1.54) is 25.6 Å². The minimum absolute atomic E-state index is 0.137. The molecule has 5 nitrogen and oxygen atoms in total. The van der Waals surface area contributed by atoms with E-state index in [4.69, 9.17) is 9.47 Å². The van der Waals surface area contributed by atoms with Crippen LogP contribution in [0.25, 0.3) is 0 Å². The maximum absolute atomic E-state index is 14.0. The normalized spacial score (nSPS) is 11.4. The van der Waals surface area contributed by atoms with Crippen molar-refractivity contribution in [3.05, 3.63) is 40.3 Å². The lowest BCUT2D eigenvalue weighted by molar-refractivity contribution is 0.350. The molecule has 0 aliphatic carbocycles. The predicted molar refractivity (Wildman–Crippen MR) is 82.7 cm³/mol. The molecule has 2 rings (SSSR count). The van der Waals surface area contributed by atoms with Gasteiger partial charge in [0, 0.05) is 23.6 Å². The molecular weight excluding hydrogens is 329 g/mol. The van der Waals surface area contributed by atoms with Gasteiger partial charge in [0.25, 0.3) is 0 Å². The lowest BCUT2D eigenvalue weighted by atomic mass is 10.3. The third kappa shape index (κ3) is 3.76. The SMILES string of the molecule is COc1cc(F)c(S(=O)(=O)NCCc2cccs2)cc1OC. The fraction of sp³-hybridized carbons (Fsp3) is 0.286. The van der Waals surface area contributed by atoms with E-state index in [1.807, 2.05) is 17.5 Å². The molecule has 120 valence electrons. The summed E-state index contributed by atoms with van der Waals surface area (Å²) >= 11 is 1.54. The monoisotopic (exact) mass is 345 g/mol. The Hall–Kier alpha value is -1.64. The van der Waals surface area contributed by atoms with E-state index in [0.29, 0.717) is 6.42 Å². The standard InChI is InChI=1S/C14H16FNO4S2/c1-19-12-8-11(15)14(9-13(12)20-2)22(17,18)16-6-5-10-4-3-7-21-10/h3-4,7-9,16H,5-6H2,1-2H3. The van der Waals surface area contributed by atoms with E-state index in [2.05, 4.69) is 4.72 Å². The number of methoxy groups -OCH3 is 2. The van der Waals surface area contributed by atoms with Crippen LogP contribution in [0.5, 0.6) is 11.5 Å². The average Bonchev–Trinajstić information content (AvgIpc) is 2.99. The summed E-state index contributed by atoms with van der Waals surface area (Å²) in [5.74, 6) is -0.596. The van der Waals surface area contributed by atoms with Crippen LogP contribution in [0.4, 0.5) is 4.39 Å². The topological polar surface area (TPSA) is 64.6 Å². The van der Waals surface area contributed by atoms with Gasteiger partial charge in [-0.1, -0.05) is 6.07 Å². The fourth-order valence-electron chi connectivity index (χ4n) is 1.88. The molecule has 0 fully saturated rings. The van der Waals surface area contributed by atoms with Gasteiger partial charge in [-0.3, -0.25) is 0 Å². The van der Waals surface area contributed by atoms with Crippen molar-refractivity contribution in [3.8, 4) is 11.5 Å². The number of thiophene rings is 1. The minimum Gasteiger partial charge on any atom is -0.493 e. The summed E-state index contributed by atoms with van der Waals surface area (Å²) in [4.78, 5) is 0.590. The summed E-state index contributed by atoms with van der Waals surface area (Å²) in [5.41, 5.74) is 0. The van der Waals surface area contributed by atoms with Crippen molar-refractivity contribution in [2.24, 2.45) is 0 Å². The van der Waals surface area contributed by atoms with Crippen molar-refractivity contribution in [2.45, 2.75) is 11.3 Å². The Bertz CT molecular complexity index is 730. The third-order valence-electron chi connectivity index (χ3n) is 2.97. The van der Waals surface area contributed by atoms with Crippen LogP contribution in [0.1, 0.15) is 4.88 Å². The van der Waals surface area contributed by atoms with Crippen molar-refractivity contribution >= 4 is 21.4 Å². The van der Waals surface area contributed by atoms with Crippen LogP contribution >= 0.6 is 11.3 Å². The molecule has 0 aliphatic rings. The van der Waals surface area contributed by atoms with Gasteiger partial charge in [0.2, 0.25) is 10.0 Å². The predicted octanol–water partition coefficient (Wildman–Crippen LogP) is 2.43. The first-order chi connectivity index (χ1) is 10.5. The van der Waals surface area contributed by atoms with Gasteiger partial charge >= 0.3 is 0 Å². The van der Waals surface area contributed by atoms with E-state index >= 15 is 0 Å². The number of sulfonamides is 1. The summed E-state index contributed by atoms with van der Waals surface area (Å²) in [6.07, 6.45) is 0.547. The van der Waals surface area contributed by atoms with Crippen LogP contribution in [0.2, 0.25) is 0 Å². The molecule has 2 aromatic rings. The second kappa shape index (κ2) is 7.08. The molecular formula is C14H16FNO4S2. The van der Waals surface area contributed by atoms with Crippen LogP contribution in [-0.4, -0.2) is 29.2 Å². The summed E-state index contributed by atoms with van der Waals surface area (Å²) in [5, 5.41) is 1.91. The van der Waals surface area contributed by atoms with Gasteiger partial charge in [-0.15, -0.1) is 11.3 Å². The second-order valence-electron chi connectivity index (χ2n) is 4.36. The highest BCUT2D eigenvalue weighted by atomic mass is 32.2. The van der Waals surface area contributed by atoms with Crippen molar-refractivity contribution in [1.82, 2.24) is 4.72 Å². The first-order valence-electron chi connectivity index (χ1n) is 6.41.